The number of rotatable bonds is 7. The van der Waals surface area contributed by atoms with E-state index in [-0.39, 0.29) is 23.8 Å². The Bertz CT molecular complexity index is 1480. The molecular formula is C26H18N6O2. The van der Waals surface area contributed by atoms with Gasteiger partial charge in [-0.2, -0.15) is 15.6 Å². The highest BCUT2D eigenvalue weighted by molar-refractivity contribution is 5.80. The van der Waals surface area contributed by atoms with Crippen LogP contribution in [0.15, 0.2) is 88.8 Å². The number of hydrazone groups is 1. The predicted molar refractivity (Wildman–Crippen MR) is 128 cm³/mol. The van der Waals surface area contributed by atoms with E-state index in [4.69, 9.17) is 4.74 Å². The Kier molecular flexibility index (Phi) is 6.73. The molecule has 3 aromatic carbocycles. The van der Waals surface area contributed by atoms with Crippen molar-refractivity contribution in [1.82, 2.24) is 9.97 Å². The van der Waals surface area contributed by atoms with E-state index in [1.165, 1.54) is 0 Å². The van der Waals surface area contributed by atoms with Crippen LogP contribution in [0.25, 0.3) is 11.3 Å². The Morgan fingerprint density at radius 1 is 1.00 bits per heavy atom. The molecule has 0 radical (unpaired) electrons. The molecular weight excluding hydrogens is 428 g/mol. The third-order valence-corrected chi connectivity index (χ3v) is 4.85. The van der Waals surface area contributed by atoms with E-state index in [9.17, 15) is 15.3 Å². The van der Waals surface area contributed by atoms with Gasteiger partial charge in [0.1, 0.15) is 24.0 Å². The molecule has 0 atom stereocenters. The topological polar surface area (TPSA) is 127 Å². The lowest BCUT2D eigenvalue weighted by Crippen LogP contribution is -2.16. The molecule has 0 amide bonds. The summed E-state index contributed by atoms with van der Waals surface area (Å²) >= 11 is 0. The van der Waals surface area contributed by atoms with Crippen molar-refractivity contribution in [3.05, 3.63) is 111 Å². The van der Waals surface area contributed by atoms with Crippen molar-refractivity contribution >= 4 is 12.2 Å². The van der Waals surface area contributed by atoms with E-state index >= 15 is 0 Å². The Labute approximate surface area is 195 Å². The number of aromatic amines is 1. The van der Waals surface area contributed by atoms with Gasteiger partial charge in [-0.15, -0.1) is 0 Å². The molecule has 2 N–H and O–H groups in total. The minimum Gasteiger partial charge on any atom is -0.489 e. The first-order chi connectivity index (χ1) is 16.7. The van der Waals surface area contributed by atoms with E-state index in [2.05, 4.69) is 26.6 Å². The summed E-state index contributed by atoms with van der Waals surface area (Å²) in [7, 11) is 0. The summed E-state index contributed by atoms with van der Waals surface area (Å²) in [5.74, 6) is 0.729. The van der Waals surface area contributed by atoms with Crippen LogP contribution in [-0.2, 0) is 6.61 Å². The maximum atomic E-state index is 12.3. The van der Waals surface area contributed by atoms with Gasteiger partial charge in [0.05, 0.1) is 23.5 Å². The predicted octanol–water partition coefficient (Wildman–Crippen LogP) is 4.21. The van der Waals surface area contributed by atoms with Crippen molar-refractivity contribution in [2.75, 3.05) is 5.43 Å². The summed E-state index contributed by atoms with van der Waals surface area (Å²) in [6.07, 6.45) is 1.55. The molecule has 4 rings (SSSR count). The van der Waals surface area contributed by atoms with Gasteiger partial charge in [-0.1, -0.05) is 60.7 Å². The summed E-state index contributed by atoms with van der Waals surface area (Å²) in [6.45, 7) is 0.265. The molecule has 164 valence electrons. The van der Waals surface area contributed by atoms with Gasteiger partial charge in [-0.05, 0) is 23.8 Å². The lowest BCUT2D eigenvalue weighted by molar-refractivity contribution is 0.306. The van der Waals surface area contributed by atoms with Gasteiger partial charge in [0.15, 0.2) is 0 Å². The molecule has 0 saturated carbocycles. The lowest BCUT2D eigenvalue weighted by atomic mass is 10.1. The van der Waals surface area contributed by atoms with Crippen LogP contribution in [0.5, 0.6) is 5.75 Å². The number of nitrogens with one attached hydrogen (secondary N) is 2. The number of H-pyrrole nitrogens is 1. The zero-order chi connectivity index (χ0) is 23.8. The number of nitrogens with zero attached hydrogens (tertiary/aromatic N) is 4. The maximum absolute atomic E-state index is 12.3. The normalized spacial score (nSPS) is 10.4. The Balaban J connectivity index is 1.48. The maximum Gasteiger partial charge on any atom is 0.270 e. The number of ether oxygens (including phenoxy) is 1. The number of aromatic nitrogens is 2. The number of anilines is 1. The van der Waals surface area contributed by atoms with Crippen LogP contribution in [0.2, 0.25) is 0 Å². The van der Waals surface area contributed by atoms with Crippen LogP contribution in [0, 0.1) is 22.7 Å². The lowest BCUT2D eigenvalue weighted by Gasteiger charge is -2.08. The second-order valence-corrected chi connectivity index (χ2v) is 7.12. The van der Waals surface area contributed by atoms with E-state index in [1.807, 2.05) is 48.5 Å². The Morgan fingerprint density at radius 2 is 1.79 bits per heavy atom. The molecule has 0 saturated heterocycles. The summed E-state index contributed by atoms with van der Waals surface area (Å²) in [5, 5.41) is 22.7. The van der Waals surface area contributed by atoms with Crippen molar-refractivity contribution in [3.63, 3.8) is 0 Å². The number of nitriles is 2. The number of benzene rings is 3. The highest BCUT2D eigenvalue weighted by atomic mass is 16.5. The molecule has 0 unspecified atom stereocenters. The molecule has 34 heavy (non-hydrogen) atoms. The first-order valence-corrected chi connectivity index (χ1v) is 10.3. The molecule has 8 nitrogen and oxygen atoms in total. The smallest absolute Gasteiger partial charge is 0.270 e. The zero-order valence-electron chi connectivity index (χ0n) is 17.9. The first kappa shape index (κ1) is 22.0. The zero-order valence-corrected chi connectivity index (χ0v) is 17.9. The fourth-order valence-corrected chi connectivity index (χ4v) is 3.20. The van der Waals surface area contributed by atoms with Crippen LogP contribution >= 0.6 is 0 Å². The van der Waals surface area contributed by atoms with E-state index in [1.54, 1.807) is 42.6 Å². The first-order valence-electron chi connectivity index (χ1n) is 10.3. The van der Waals surface area contributed by atoms with Crippen molar-refractivity contribution in [1.29, 1.82) is 10.5 Å². The van der Waals surface area contributed by atoms with Crippen LogP contribution in [0.4, 0.5) is 5.95 Å². The number of hydrogen-bond acceptors (Lipinski definition) is 7. The molecule has 1 aromatic heterocycles. The Hall–Kier alpha value is -5.21. The molecule has 0 fully saturated rings. The molecule has 0 aliphatic rings. The molecule has 1 heterocycles. The van der Waals surface area contributed by atoms with Gasteiger partial charge in [-0.25, -0.2) is 10.4 Å². The van der Waals surface area contributed by atoms with Crippen molar-refractivity contribution in [2.45, 2.75) is 6.61 Å². The van der Waals surface area contributed by atoms with Gasteiger partial charge in [0.2, 0.25) is 5.95 Å². The van der Waals surface area contributed by atoms with Crippen LogP contribution in [0.1, 0.15) is 22.3 Å². The molecule has 8 heteroatoms. The van der Waals surface area contributed by atoms with E-state index in [0.717, 1.165) is 11.1 Å². The van der Waals surface area contributed by atoms with Crippen molar-refractivity contribution in [2.24, 2.45) is 5.10 Å². The molecule has 0 bridgehead atoms. The summed E-state index contributed by atoms with van der Waals surface area (Å²) < 4.78 is 5.82. The molecule has 4 aromatic rings. The Morgan fingerprint density at radius 3 is 2.59 bits per heavy atom. The van der Waals surface area contributed by atoms with Gasteiger partial charge in [0.25, 0.3) is 5.56 Å². The summed E-state index contributed by atoms with van der Waals surface area (Å²) in [6, 6.07) is 27.6. The average Bonchev–Trinajstić information content (AvgIpc) is 2.88. The third kappa shape index (κ3) is 5.16. The van der Waals surface area contributed by atoms with Crippen LogP contribution < -0.4 is 15.7 Å². The fraction of sp³-hybridized carbons (Fsp3) is 0.0385. The standard InChI is InChI=1S/C26H18N6O2/c27-14-20-10-4-5-11-21(20)17-34-22-12-6-7-18(13-22)16-29-32-26-30-24(19-8-2-1-3-9-19)23(15-28)25(33)31-26/h1-13,16H,17H2,(H2,30,31,32,33). The summed E-state index contributed by atoms with van der Waals surface area (Å²) in [5.41, 5.74) is 5.13. The second-order valence-electron chi connectivity index (χ2n) is 7.12. The largest absolute Gasteiger partial charge is 0.489 e. The van der Waals surface area contributed by atoms with Crippen LogP contribution in [-0.4, -0.2) is 16.2 Å². The molecule has 0 aliphatic heterocycles. The highest BCUT2D eigenvalue weighted by Crippen LogP contribution is 2.20. The monoisotopic (exact) mass is 446 g/mol. The third-order valence-electron chi connectivity index (χ3n) is 4.85. The molecule has 0 spiro atoms. The fourth-order valence-electron chi connectivity index (χ4n) is 3.20. The minimum absolute atomic E-state index is 0.0662. The van der Waals surface area contributed by atoms with Gasteiger partial charge in [-0.3, -0.25) is 9.78 Å². The van der Waals surface area contributed by atoms with E-state index in [0.29, 0.717) is 16.9 Å². The number of hydrogen-bond donors (Lipinski definition) is 2. The SMILES string of the molecule is N#Cc1ccccc1COc1cccc(C=NNc2nc(-c3ccccc3)c(C#N)c(=O)[nH]2)c1. The van der Waals surface area contributed by atoms with Gasteiger partial charge < -0.3 is 4.74 Å². The van der Waals surface area contributed by atoms with Crippen LogP contribution in [0.3, 0.4) is 0 Å². The second kappa shape index (κ2) is 10.4. The van der Waals surface area contributed by atoms with Crippen molar-refractivity contribution < 1.29 is 4.74 Å². The summed E-state index contributed by atoms with van der Waals surface area (Å²) in [4.78, 5) is 19.2. The average molecular weight is 446 g/mol. The molecule has 0 aliphatic carbocycles. The van der Waals surface area contributed by atoms with Gasteiger partial charge in [0, 0.05) is 11.1 Å². The van der Waals surface area contributed by atoms with E-state index < -0.39 is 5.56 Å². The van der Waals surface area contributed by atoms with Gasteiger partial charge >= 0.3 is 0 Å². The highest BCUT2D eigenvalue weighted by Gasteiger charge is 2.12. The van der Waals surface area contributed by atoms with Crippen molar-refractivity contribution in [3.8, 4) is 29.1 Å². The minimum atomic E-state index is -0.554. The quantitative estimate of drug-likeness (QED) is 0.323.